The number of anilines is 1. The molecule has 1 atom stereocenters. The Balaban J connectivity index is 1.46. The van der Waals surface area contributed by atoms with Gasteiger partial charge in [-0.15, -0.1) is 11.3 Å². The van der Waals surface area contributed by atoms with Gasteiger partial charge in [0.05, 0.1) is 28.9 Å². The largest absolute Gasteiger partial charge is 0.508 e. The topological polar surface area (TPSA) is 143 Å². The van der Waals surface area contributed by atoms with Crippen molar-refractivity contribution < 1.29 is 24.2 Å². The van der Waals surface area contributed by atoms with E-state index >= 15 is 0 Å². The fourth-order valence-electron chi connectivity index (χ4n) is 4.18. The van der Waals surface area contributed by atoms with Crippen LogP contribution in [0.4, 0.5) is 5.95 Å². The van der Waals surface area contributed by atoms with Crippen molar-refractivity contribution in [2.24, 2.45) is 0 Å². The van der Waals surface area contributed by atoms with Crippen LogP contribution in [0.5, 0.6) is 5.75 Å². The second kappa shape index (κ2) is 12.9. The van der Waals surface area contributed by atoms with E-state index in [1.807, 2.05) is 30.3 Å². The highest BCUT2D eigenvalue weighted by molar-refractivity contribution is 7.12. The number of nitrogens with one attached hydrogen (secondary N) is 3. The van der Waals surface area contributed by atoms with Gasteiger partial charge in [0.1, 0.15) is 11.8 Å². The molecule has 2 aromatic heterocycles. The van der Waals surface area contributed by atoms with E-state index in [-0.39, 0.29) is 23.8 Å². The van der Waals surface area contributed by atoms with Gasteiger partial charge in [-0.25, -0.2) is 14.8 Å². The van der Waals surface area contributed by atoms with Crippen LogP contribution in [0.2, 0.25) is 0 Å². The lowest BCUT2D eigenvalue weighted by atomic mass is 9.99. The number of amides is 2. The summed E-state index contributed by atoms with van der Waals surface area (Å²) in [7, 11) is 1.21. The molecule has 40 heavy (non-hydrogen) atoms. The van der Waals surface area contributed by atoms with Crippen molar-refractivity contribution in [3.05, 3.63) is 93.4 Å². The zero-order chi connectivity index (χ0) is 28.6. The van der Waals surface area contributed by atoms with Gasteiger partial charge < -0.3 is 25.8 Å². The summed E-state index contributed by atoms with van der Waals surface area (Å²) in [6, 6.07) is 17.1. The Kier molecular flexibility index (Phi) is 9.07. The van der Waals surface area contributed by atoms with Gasteiger partial charge in [-0.05, 0) is 54.1 Å². The lowest BCUT2D eigenvalue weighted by Gasteiger charge is -2.18. The van der Waals surface area contributed by atoms with Crippen molar-refractivity contribution in [3.63, 3.8) is 0 Å². The number of rotatable bonds is 10. The number of hydrogen-bond acceptors (Lipinski definition) is 9. The summed E-state index contributed by atoms with van der Waals surface area (Å²) in [5, 5.41) is 20.1. The summed E-state index contributed by atoms with van der Waals surface area (Å²) in [6.07, 6.45) is 0. The molecule has 4 N–H and O–H groups in total. The summed E-state index contributed by atoms with van der Waals surface area (Å²) in [4.78, 5) is 47.2. The zero-order valence-electron chi connectivity index (χ0n) is 22.2. The number of esters is 1. The fourth-order valence-corrected chi connectivity index (χ4v) is 4.82. The fraction of sp³-hybridized carbons (Fsp3) is 0.207. The summed E-state index contributed by atoms with van der Waals surface area (Å²) in [6.45, 7) is 3.62. The zero-order valence-corrected chi connectivity index (χ0v) is 23.0. The van der Waals surface area contributed by atoms with Crippen molar-refractivity contribution in [1.82, 2.24) is 20.6 Å². The average molecular weight is 560 g/mol. The van der Waals surface area contributed by atoms with Gasteiger partial charge in [0, 0.05) is 13.1 Å². The maximum absolute atomic E-state index is 13.2. The van der Waals surface area contributed by atoms with Crippen molar-refractivity contribution in [3.8, 4) is 16.9 Å². The predicted octanol–water partition coefficient (Wildman–Crippen LogP) is 3.84. The van der Waals surface area contributed by atoms with Crippen molar-refractivity contribution in [2.45, 2.75) is 26.4 Å². The van der Waals surface area contributed by atoms with Gasteiger partial charge >= 0.3 is 5.97 Å². The molecule has 4 rings (SSSR count). The number of thiophene rings is 1. The lowest BCUT2D eigenvalue weighted by Crippen LogP contribution is -2.49. The van der Waals surface area contributed by atoms with Gasteiger partial charge in [-0.2, -0.15) is 0 Å². The summed E-state index contributed by atoms with van der Waals surface area (Å²) in [5.74, 6) is -1.08. The minimum absolute atomic E-state index is 0.146. The van der Waals surface area contributed by atoms with Gasteiger partial charge in [-0.1, -0.05) is 42.5 Å². The van der Waals surface area contributed by atoms with Crippen LogP contribution in [0, 0.1) is 13.8 Å². The molecule has 0 spiro atoms. The molecular weight excluding hydrogens is 530 g/mol. The third-order valence-electron chi connectivity index (χ3n) is 6.11. The molecular formula is C29H29N5O5S. The van der Waals surface area contributed by atoms with Gasteiger partial charge in [0.15, 0.2) is 0 Å². The van der Waals surface area contributed by atoms with Gasteiger partial charge in [0.25, 0.3) is 11.8 Å². The number of phenols is 1. The number of carbonyl (C=O) groups is 3. The maximum Gasteiger partial charge on any atom is 0.330 e. The highest BCUT2D eigenvalue weighted by atomic mass is 32.1. The molecule has 0 bridgehead atoms. The summed E-state index contributed by atoms with van der Waals surface area (Å²) in [5.41, 5.74) is 3.86. The number of carbonyl (C=O) groups excluding carboxylic acids is 3. The second-order valence-electron chi connectivity index (χ2n) is 8.89. The minimum Gasteiger partial charge on any atom is -0.508 e. The molecule has 2 heterocycles. The van der Waals surface area contributed by atoms with Gasteiger partial charge in [0.2, 0.25) is 5.95 Å². The van der Waals surface area contributed by atoms with Crippen LogP contribution in [-0.2, 0) is 16.1 Å². The molecule has 0 saturated heterocycles. The van der Waals surface area contributed by atoms with E-state index in [2.05, 4.69) is 25.9 Å². The number of ether oxygens (including phenoxy) is 1. The third kappa shape index (κ3) is 6.80. The molecule has 0 aliphatic rings. The molecule has 0 radical (unpaired) electrons. The van der Waals surface area contributed by atoms with Crippen molar-refractivity contribution >= 4 is 35.1 Å². The molecule has 11 heteroatoms. The summed E-state index contributed by atoms with van der Waals surface area (Å²) >= 11 is 1.27. The van der Waals surface area contributed by atoms with E-state index in [9.17, 15) is 19.5 Å². The Morgan fingerprint density at radius 2 is 1.73 bits per heavy atom. The van der Waals surface area contributed by atoms with Crippen molar-refractivity contribution in [1.29, 1.82) is 0 Å². The highest BCUT2D eigenvalue weighted by Gasteiger charge is 2.26. The molecule has 4 aromatic rings. The van der Waals surface area contributed by atoms with Crippen LogP contribution in [-0.4, -0.2) is 52.6 Å². The third-order valence-corrected chi connectivity index (χ3v) is 6.98. The highest BCUT2D eigenvalue weighted by Crippen LogP contribution is 2.27. The first-order valence-corrected chi connectivity index (χ1v) is 13.3. The molecule has 2 amide bonds. The number of hydrogen-bond donors (Lipinski definition) is 4. The molecule has 206 valence electrons. The second-order valence-corrected chi connectivity index (χ2v) is 9.84. The van der Waals surface area contributed by atoms with Crippen molar-refractivity contribution in [2.75, 3.05) is 19.0 Å². The molecule has 1 unspecified atom stereocenters. The van der Waals surface area contributed by atoms with E-state index in [4.69, 9.17) is 4.74 Å². The van der Waals surface area contributed by atoms with E-state index in [0.717, 1.165) is 16.7 Å². The number of aromatic nitrogens is 2. The lowest BCUT2D eigenvalue weighted by molar-refractivity contribution is -0.142. The Labute approximate surface area is 235 Å². The number of benzene rings is 2. The molecule has 0 fully saturated rings. The van der Waals surface area contributed by atoms with Crippen LogP contribution in [0.15, 0.2) is 66.0 Å². The molecule has 0 aliphatic heterocycles. The average Bonchev–Trinajstić information content (AvgIpc) is 3.49. The first kappa shape index (κ1) is 28.2. The number of nitrogens with zero attached hydrogens (tertiary/aromatic N) is 2. The van der Waals surface area contributed by atoms with Crippen LogP contribution >= 0.6 is 11.3 Å². The number of aryl methyl sites for hydroxylation is 2. The molecule has 0 saturated carbocycles. The smallest absolute Gasteiger partial charge is 0.330 e. The van der Waals surface area contributed by atoms with E-state index in [1.54, 1.807) is 49.6 Å². The Hall–Kier alpha value is -4.77. The molecule has 0 aliphatic carbocycles. The summed E-state index contributed by atoms with van der Waals surface area (Å²) < 4.78 is 4.82. The van der Waals surface area contributed by atoms with Gasteiger partial charge in [-0.3, -0.25) is 9.59 Å². The number of methoxy groups -OCH3 is 1. The van der Waals surface area contributed by atoms with E-state index in [0.29, 0.717) is 28.8 Å². The normalized spacial score (nSPS) is 11.4. The molecule has 2 aromatic carbocycles. The Bertz CT molecular complexity index is 1500. The van der Waals surface area contributed by atoms with Crippen LogP contribution in [0.25, 0.3) is 11.1 Å². The van der Waals surface area contributed by atoms with Crippen LogP contribution < -0.4 is 16.0 Å². The SMILES string of the molecule is COC(=O)C(CNC(=O)c1cccs1)NC(=O)c1c(C)nc(NCc2ccccc2-c2cccc(O)c2)nc1C. The predicted molar refractivity (Wildman–Crippen MR) is 152 cm³/mol. The van der Waals surface area contributed by atoms with Crippen LogP contribution in [0.1, 0.15) is 37.0 Å². The van der Waals surface area contributed by atoms with E-state index in [1.165, 1.54) is 18.4 Å². The first-order valence-electron chi connectivity index (χ1n) is 12.4. The standard InChI is InChI=1S/C29H29N5O5S/c1-17-25(27(37)34-23(28(38)39-3)16-30-26(36)24-12-7-13-40-24)18(2)33-29(32-17)31-15-20-8-4-5-11-22(20)19-9-6-10-21(35)14-19/h4-14,23,35H,15-16H2,1-3H3,(H,30,36)(H,34,37)(H,31,32,33). The first-order chi connectivity index (χ1) is 19.3. The quantitative estimate of drug-likeness (QED) is 0.215. The number of phenolic OH excluding ortho intramolecular Hbond substituents is 1. The monoisotopic (exact) mass is 559 g/mol. The Morgan fingerprint density at radius 1 is 0.975 bits per heavy atom. The minimum atomic E-state index is -1.10. The molecule has 10 nitrogen and oxygen atoms in total. The maximum atomic E-state index is 13.2. The Morgan fingerprint density at radius 3 is 2.40 bits per heavy atom. The van der Waals surface area contributed by atoms with Crippen LogP contribution in [0.3, 0.4) is 0 Å². The van der Waals surface area contributed by atoms with E-state index < -0.39 is 17.9 Å². The number of aromatic hydroxyl groups is 1.